The normalized spacial score (nSPS) is 18.4. The minimum Gasteiger partial charge on any atom is -0.269 e. The number of rotatable bonds is 1. The minimum atomic E-state index is -1.12. The Morgan fingerprint density at radius 3 is 0.824 bits per heavy atom. The molecule has 2 aliphatic carbocycles. The maximum atomic E-state index is 3.91. The van der Waals surface area contributed by atoms with Gasteiger partial charge in [-0.2, -0.15) is 0 Å². The summed E-state index contributed by atoms with van der Waals surface area (Å²) < 4.78 is 0. The van der Waals surface area contributed by atoms with E-state index >= 15 is 0 Å². The molecule has 2 rings (SSSR count). The molecule has 12 radical (unpaired) electrons. The first-order chi connectivity index (χ1) is 7.56. The first-order valence-electron chi connectivity index (χ1n) is 5.37. The van der Waals surface area contributed by atoms with Gasteiger partial charge in [0.1, 0.15) is 8.24 Å². The van der Waals surface area contributed by atoms with Crippen LogP contribution in [-0.2, 0) is 26.2 Å². The molecule has 3 heteroatoms. The van der Waals surface area contributed by atoms with Gasteiger partial charge in [-0.15, -0.1) is 0 Å². The van der Waals surface area contributed by atoms with Crippen molar-refractivity contribution >= 4 is 8.24 Å². The van der Waals surface area contributed by atoms with Gasteiger partial charge < -0.3 is 0 Å². The average Bonchev–Trinajstić information content (AvgIpc) is 2.95. The van der Waals surface area contributed by atoms with E-state index in [4.69, 9.17) is 0 Å². The van der Waals surface area contributed by atoms with Crippen LogP contribution >= 0.6 is 0 Å². The Hall–Kier alpha value is 1.06. The van der Waals surface area contributed by atoms with Crippen LogP contribution in [-0.4, -0.2) is 8.24 Å². The van der Waals surface area contributed by atoms with Gasteiger partial charge in [0.05, 0.1) is 0 Å². The first-order valence-corrected chi connectivity index (χ1v) is 8.82. The van der Waals surface area contributed by atoms with Crippen molar-refractivity contribution in [2.45, 2.75) is 19.6 Å². The van der Waals surface area contributed by atoms with Crippen LogP contribution in [0.2, 0.25) is 19.6 Å². The summed E-state index contributed by atoms with van der Waals surface area (Å²) in [7, 11) is 2.33. The fourth-order valence-corrected chi connectivity index (χ4v) is 0.642. The fourth-order valence-electron chi connectivity index (χ4n) is 0.642. The quantitative estimate of drug-likeness (QED) is 0.658. The summed E-state index contributed by atoms with van der Waals surface area (Å²) in [6, 6.07) is 0. The third kappa shape index (κ3) is 19.6. The molecule has 0 unspecified atom stereocenters. The molecule has 0 aromatic carbocycles. The van der Waals surface area contributed by atoms with Gasteiger partial charge >= 0.3 is 0 Å². The minimum absolute atomic E-state index is 0. The molecule has 2 fully saturated rings. The van der Waals surface area contributed by atoms with Gasteiger partial charge in [0, 0.05) is 33.3 Å². The molecular weight excluding hydrogens is 301 g/mol. The van der Waals surface area contributed by atoms with Crippen molar-refractivity contribution in [2.75, 3.05) is 0 Å². The zero-order valence-corrected chi connectivity index (χ0v) is 14.4. The molecule has 17 heavy (non-hydrogen) atoms. The summed E-state index contributed by atoms with van der Waals surface area (Å²) in [5, 5.41) is 0. The topological polar surface area (TPSA) is 14.1 Å². The third-order valence-corrected chi connectivity index (χ3v) is 2.53. The zero-order valence-electron chi connectivity index (χ0n) is 10.9. The van der Waals surface area contributed by atoms with Crippen molar-refractivity contribution in [3.05, 3.63) is 71.3 Å². The molecule has 0 aromatic heterocycles. The van der Waals surface area contributed by atoms with Gasteiger partial charge in [-0.25, -0.2) is 0 Å². The molecule has 0 amide bonds. The van der Waals surface area contributed by atoms with Crippen molar-refractivity contribution in [3.8, 4) is 0 Å². The van der Waals surface area contributed by atoms with Crippen molar-refractivity contribution in [2.24, 2.45) is 0 Å². The smallest absolute Gasteiger partial charge is 0.136 e. The zero-order chi connectivity index (χ0) is 12.3. The van der Waals surface area contributed by atoms with Gasteiger partial charge in [-0.3, -0.25) is 4.98 Å². The summed E-state index contributed by atoms with van der Waals surface area (Å²) in [4.78, 5) is 3.91. The van der Waals surface area contributed by atoms with Crippen LogP contribution in [0.1, 0.15) is 0 Å². The molecule has 0 saturated heterocycles. The van der Waals surface area contributed by atoms with E-state index in [-0.39, 0.29) is 26.2 Å². The van der Waals surface area contributed by atoms with Crippen LogP contribution in [0.5, 0.6) is 0 Å². The average molecular weight is 323 g/mol. The Bertz CT molecular complexity index is 112. The Balaban J connectivity index is 0. The largest absolute Gasteiger partial charge is 0.269 e. The van der Waals surface area contributed by atoms with E-state index in [0.29, 0.717) is 0 Å². The number of hydrogen-bond acceptors (Lipinski definition) is 0. The Morgan fingerprint density at radius 1 is 0.647 bits per heavy atom. The summed E-state index contributed by atoms with van der Waals surface area (Å²) >= 11 is 0. The summed E-state index contributed by atoms with van der Waals surface area (Å²) in [6.07, 6.45) is 20.0. The van der Waals surface area contributed by atoms with E-state index in [1.54, 1.807) is 0 Å². The predicted octanol–water partition coefficient (Wildman–Crippen LogP) is 3.26. The second kappa shape index (κ2) is 13.5. The molecule has 0 aliphatic heterocycles. The van der Waals surface area contributed by atoms with Gasteiger partial charge in [-0.1, -0.05) is 19.6 Å². The summed E-state index contributed by atoms with van der Waals surface area (Å²) in [6.45, 7) is 6.46. The van der Waals surface area contributed by atoms with Crippen LogP contribution in [0.4, 0.5) is 0 Å². The van der Waals surface area contributed by atoms with Crippen LogP contribution in [0, 0.1) is 71.3 Å². The maximum absolute atomic E-state index is 3.91. The fraction of sp³-hybridized carbons (Fsp3) is 0.214. The Kier molecular flexibility index (Phi) is 16.2. The van der Waals surface area contributed by atoms with Crippen molar-refractivity contribution in [3.63, 3.8) is 0 Å². The monoisotopic (exact) mass is 321 g/mol. The molecule has 0 atom stereocenters. The maximum Gasteiger partial charge on any atom is 0.136 e. The number of hydrogen-bond donors (Lipinski definition) is 0. The molecule has 2 aliphatic rings. The van der Waals surface area contributed by atoms with Crippen molar-refractivity contribution < 1.29 is 26.2 Å². The first kappa shape index (κ1) is 20.4. The second-order valence-electron chi connectivity index (χ2n) is 4.25. The molecule has 1 nitrogen and oxygen atoms in total. The van der Waals surface area contributed by atoms with Crippen LogP contribution in [0.15, 0.2) is 0 Å². The summed E-state index contributed by atoms with van der Waals surface area (Å²) in [5.74, 6) is 0. The van der Waals surface area contributed by atoms with E-state index in [1.165, 1.54) is 0 Å². The second-order valence-corrected chi connectivity index (χ2v) is 8.91. The van der Waals surface area contributed by atoms with E-state index in [9.17, 15) is 0 Å². The number of nitrogens with zero attached hydrogens (tertiary/aromatic N) is 1. The van der Waals surface area contributed by atoms with Crippen molar-refractivity contribution in [1.82, 2.24) is 4.98 Å². The standard InChI is InChI=1S/2C5H5.C4H11NSi.Zr/c2*1-2-4-5-3-1;1-5-6(2,3)4;/h2*1-5H;1H2,2-4H3;. The molecule has 90 valence electrons. The molecule has 0 aromatic rings. The molecular formula is C14H21NSiZr. The predicted molar refractivity (Wildman–Crippen MR) is 73.8 cm³/mol. The van der Waals surface area contributed by atoms with E-state index in [2.05, 4.69) is 31.7 Å². The van der Waals surface area contributed by atoms with Gasteiger partial charge in [0.2, 0.25) is 0 Å². The van der Waals surface area contributed by atoms with Gasteiger partial charge in [-0.05, 0) is 64.2 Å². The Morgan fingerprint density at radius 2 is 0.765 bits per heavy atom. The molecule has 0 heterocycles. The van der Waals surface area contributed by atoms with Crippen LogP contribution in [0.3, 0.4) is 0 Å². The van der Waals surface area contributed by atoms with Crippen LogP contribution in [0.25, 0.3) is 0 Å². The SMILES string of the molecule is [CH2][N][Si](C)(C)C.[CH]1[CH][CH][CH][CH]1.[CH]1[CH][CH][CH][CH]1.[Zr]. The van der Waals surface area contributed by atoms with E-state index in [0.717, 1.165) is 0 Å². The third-order valence-electron chi connectivity index (χ3n) is 1.59. The van der Waals surface area contributed by atoms with Crippen LogP contribution < -0.4 is 4.98 Å². The van der Waals surface area contributed by atoms with Gasteiger partial charge in [0.15, 0.2) is 0 Å². The molecule has 0 N–H and O–H groups in total. The molecule has 0 bridgehead atoms. The van der Waals surface area contributed by atoms with Gasteiger partial charge in [0.25, 0.3) is 0 Å². The Labute approximate surface area is 130 Å². The van der Waals surface area contributed by atoms with Crippen molar-refractivity contribution in [1.29, 1.82) is 0 Å². The van der Waals surface area contributed by atoms with E-state index in [1.807, 2.05) is 64.2 Å². The summed E-state index contributed by atoms with van der Waals surface area (Å²) in [5.41, 5.74) is 0. The van der Waals surface area contributed by atoms with E-state index < -0.39 is 8.24 Å². The molecule has 0 spiro atoms. The molecule has 2 saturated carbocycles.